The Morgan fingerprint density at radius 2 is 2.22 bits per heavy atom. The first-order chi connectivity index (χ1) is 8.58. The molecule has 1 aliphatic rings. The molecule has 1 aromatic rings. The third kappa shape index (κ3) is 3.22. The molecule has 2 unspecified atom stereocenters. The van der Waals surface area contributed by atoms with E-state index in [1.807, 2.05) is 18.8 Å². The van der Waals surface area contributed by atoms with Crippen LogP contribution in [-0.4, -0.2) is 47.3 Å². The standard InChI is InChI=1S/C13H17F2NOS/c1-16-4-5-18-8-12(16)13(17)7-9-2-3-10(14)11(15)6-9/h2-3,6,12-13,17H,4-5,7-8H2,1H3. The lowest BCUT2D eigenvalue weighted by Gasteiger charge is -2.35. The molecule has 0 spiro atoms. The fraction of sp³-hybridized carbons (Fsp3) is 0.538. The number of nitrogens with zero attached hydrogens (tertiary/aromatic N) is 1. The van der Waals surface area contributed by atoms with E-state index in [9.17, 15) is 13.9 Å². The van der Waals surface area contributed by atoms with E-state index in [1.165, 1.54) is 6.07 Å². The molecule has 0 aromatic heterocycles. The zero-order chi connectivity index (χ0) is 13.1. The van der Waals surface area contributed by atoms with E-state index in [0.717, 1.165) is 30.2 Å². The Balaban J connectivity index is 2.01. The van der Waals surface area contributed by atoms with E-state index < -0.39 is 17.7 Å². The average molecular weight is 273 g/mol. The first kappa shape index (κ1) is 13.8. The maximum atomic E-state index is 13.1. The molecule has 1 fully saturated rings. The summed E-state index contributed by atoms with van der Waals surface area (Å²) in [5, 5.41) is 10.2. The van der Waals surface area contributed by atoms with Gasteiger partial charge >= 0.3 is 0 Å². The van der Waals surface area contributed by atoms with Crippen LogP contribution in [0.3, 0.4) is 0 Å². The fourth-order valence-electron chi connectivity index (χ4n) is 2.15. The molecule has 0 saturated carbocycles. The third-order valence-corrected chi connectivity index (χ3v) is 4.36. The minimum atomic E-state index is -0.855. The zero-order valence-electron chi connectivity index (χ0n) is 10.3. The van der Waals surface area contributed by atoms with Crippen molar-refractivity contribution in [2.75, 3.05) is 25.1 Å². The summed E-state index contributed by atoms with van der Waals surface area (Å²) in [7, 11) is 1.98. The van der Waals surface area contributed by atoms with Gasteiger partial charge in [0.15, 0.2) is 11.6 Å². The molecule has 1 saturated heterocycles. The Hall–Kier alpha value is -0.650. The number of aliphatic hydroxyl groups excluding tert-OH is 1. The SMILES string of the molecule is CN1CCSCC1C(O)Cc1ccc(F)c(F)c1. The van der Waals surface area contributed by atoms with Gasteiger partial charge in [0.2, 0.25) is 0 Å². The summed E-state index contributed by atoms with van der Waals surface area (Å²) in [4.78, 5) is 2.13. The number of halogens is 2. The first-order valence-electron chi connectivity index (χ1n) is 5.98. The maximum absolute atomic E-state index is 13.1. The van der Waals surface area contributed by atoms with Gasteiger partial charge in [0, 0.05) is 30.5 Å². The minimum Gasteiger partial charge on any atom is -0.391 e. The Morgan fingerprint density at radius 3 is 2.89 bits per heavy atom. The second-order valence-electron chi connectivity index (χ2n) is 4.64. The lowest BCUT2D eigenvalue weighted by molar-refractivity contribution is 0.0762. The summed E-state index contributed by atoms with van der Waals surface area (Å²) in [6.45, 7) is 0.949. The monoisotopic (exact) mass is 273 g/mol. The van der Waals surface area contributed by atoms with Gasteiger partial charge < -0.3 is 5.11 Å². The maximum Gasteiger partial charge on any atom is 0.159 e. The highest BCUT2D eigenvalue weighted by Crippen LogP contribution is 2.20. The second kappa shape index (κ2) is 5.99. The van der Waals surface area contributed by atoms with Crippen LogP contribution in [0, 0.1) is 11.6 Å². The van der Waals surface area contributed by atoms with Gasteiger partial charge in [-0.15, -0.1) is 0 Å². The largest absolute Gasteiger partial charge is 0.391 e. The van der Waals surface area contributed by atoms with Gasteiger partial charge in [-0.2, -0.15) is 11.8 Å². The number of rotatable bonds is 3. The molecule has 100 valence electrons. The Labute approximate surface area is 110 Å². The van der Waals surface area contributed by atoms with Gasteiger partial charge in [0.25, 0.3) is 0 Å². The van der Waals surface area contributed by atoms with E-state index in [0.29, 0.717) is 12.0 Å². The molecule has 1 heterocycles. The molecular weight excluding hydrogens is 256 g/mol. The van der Waals surface area contributed by atoms with E-state index in [2.05, 4.69) is 4.90 Å². The van der Waals surface area contributed by atoms with Gasteiger partial charge in [-0.05, 0) is 24.7 Å². The highest BCUT2D eigenvalue weighted by Gasteiger charge is 2.26. The fourth-order valence-corrected chi connectivity index (χ4v) is 3.46. The predicted octanol–water partition coefficient (Wildman–Crippen LogP) is 1.92. The number of likely N-dealkylation sites (N-methyl/N-ethyl adjacent to an activating group) is 1. The molecule has 2 nitrogen and oxygen atoms in total. The predicted molar refractivity (Wildman–Crippen MR) is 69.8 cm³/mol. The van der Waals surface area contributed by atoms with Crippen molar-refractivity contribution in [1.29, 1.82) is 0 Å². The van der Waals surface area contributed by atoms with Crippen molar-refractivity contribution in [3.63, 3.8) is 0 Å². The van der Waals surface area contributed by atoms with E-state index in [1.54, 1.807) is 0 Å². The molecule has 0 amide bonds. The molecule has 1 aromatic carbocycles. The molecule has 5 heteroatoms. The summed E-state index contributed by atoms with van der Waals surface area (Å²) < 4.78 is 25.9. The topological polar surface area (TPSA) is 23.5 Å². The van der Waals surface area contributed by atoms with Crippen molar-refractivity contribution in [1.82, 2.24) is 4.90 Å². The zero-order valence-corrected chi connectivity index (χ0v) is 11.1. The minimum absolute atomic E-state index is 0.0804. The van der Waals surface area contributed by atoms with Crippen LogP contribution in [0.2, 0.25) is 0 Å². The second-order valence-corrected chi connectivity index (χ2v) is 5.79. The summed E-state index contributed by atoms with van der Waals surface area (Å²) >= 11 is 1.82. The lowest BCUT2D eigenvalue weighted by Crippen LogP contribution is -2.47. The van der Waals surface area contributed by atoms with Gasteiger partial charge in [0.05, 0.1) is 6.10 Å². The Morgan fingerprint density at radius 1 is 1.44 bits per heavy atom. The summed E-state index contributed by atoms with van der Waals surface area (Å²) in [5.41, 5.74) is 0.630. The summed E-state index contributed by atoms with van der Waals surface area (Å²) in [5.74, 6) is 0.247. The van der Waals surface area contributed by atoms with E-state index in [4.69, 9.17) is 0 Å². The number of hydrogen-bond acceptors (Lipinski definition) is 3. The molecular formula is C13H17F2NOS. The van der Waals surface area contributed by atoms with Crippen LogP contribution in [0.4, 0.5) is 8.78 Å². The third-order valence-electron chi connectivity index (χ3n) is 3.32. The lowest BCUT2D eigenvalue weighted by atomic mass is 10.0. The van der Waals surface area contributed by atoms with Gasteiger partial charge in [-0.3, -0.25) is 4.90 Å². The van der Waals surface area contributed by atoms with Crippen LogP contribution in [0.5, 0.6) is 0 Å². The van der Waals surface area contributed by atoms with Crippen molar-refractivity contribution >= 4 is 11.8 Å². The van der Waals surface area contributed by atoms with Crippen molar-refractivity contribution in [3.8, 4) is 0 Å². The van der Waals surface area contributed by atoms with Gasteiger partial charge in [0.1, 0.15) is 0 Å². The average Bonchev–Trinajstić information content (AvgIpc) is 2.34. The molecule has 2 rings (SSSR count). The quantitative estimate of drug-likeness (QED) is 0.910. The molecule has 0 radical (unpaired) electrons. The number of thioether (sulfide) groups is 1. The van der Waals surface area contributed by atoms with Crippen LogP contribution in [0.15, 0.2) is 18.2 Å². The summed E-state index contributed by atoms with van der Waals surface area (Å²) in [6.07, 6.45) is -0.195. The van der Waals surface area contributed by atoms with Crippen LogP contribution in [0.25, 0.3) is 0 Å². The van der Waals surface area contributed by atoms with Crippen LogP contribution in [0.1, 0.15) is 5.56 Å². The van der Waals surface area contributed by atoms with Gasteiger partial charge in [-0.1, -0.05) is 6.07 Å². The Bertz CT molecular complexity index is 416. The molecule has 0 bridgehead atoms. The highest BCUT2D eigenvalue weighted by molar-refractivity contribution is 7.99. The van der Waals surface area contributed by atoms with Crippen LogP contribution in [-0.2, 0) is 6.42 Å². The van der Waals surface area contributed by atoms with E-state index >= 15 is 0 Å². The highest BCUT2D eigenvalue weighted by atomic mass is 32.2. The first-order valence-corrected chi connectivity index (χ1v) is 7.13. The molecule has 0 aliphatic carbocycles. The van der Waals surface area contributed by atoms with E-state index in [-0.39, 0.29) is 6.04 Å². The normalized spacial score (nSPS) is 23.0. The molecule has 1 N–H and O–H groups in total. The Kier molecular flexibility index (Phi) is 4.59. The number of aliphatic hydroxyl groups is 1. The molecule has 1 aliphatic heterocycles. The molecule has 18 heavy (non-hydrogen) atoms. The van der Waals surface area contributed by atoms with Crippen LogP contribution >= 0.6 is 11.8 Å². The van der Waals surface area contributed by atoms with Crippen LogP contribution < -0.4 is 0 Å². The van der Waals surface area contributed by atoms with Crippen molar-refractivity contribution in [2.24, 2.45) is 0 Å². The molecule has 2 atom stereocenters. The number of benzene rings is 1. The van der Waals surface area contributed by atoms with Crippen molar-refractivity contribution < 1.29 is 13.9 Å². The smallest absolute Gasteiger partial charge is 0.159 e. The van der Waals surface area contributed by atoms with Crippen molar-refractivity contribution in [3.05, 3.63) is 35.4 Å². The van der Waals surface area contributed by atoms with Gasteiger partial charge in [-0.25, -0.2) is 8.78 Å². The summed E-state index contributed by atoms with van der Waals surface area (Å²) in [6, 6.07) is 3.87. The number of hydrogen-bond donors (Lipinski definition) is 1. The van der Waals surface area contributed by atoms with Crippen molar-refractivity contribution in [2.45, 2.75) is 18.6 Å².